The summed E-state index contributed by atoms with van der Waals surface area (Å²) in [6.07, 6.45) is 6.52. The molecule has 3 aromatic rings. The highest BCUT2D eigenvalue weighted by molar-refractivity contribution is 7.99. The molecule has 4 rings (SSSR count). The molecule has 2 aromatic heterocycles. The van der Waals surface area contributed by atoms with Gasteiger partial charge in [-0.1, -0.05) is 24.4 Å². The first-order chi connectivity index (χ1) is 10.8. The van der Waals surface area contributed by atoms with Crippen LogP contribution in [0.25, 0.3) is 10.9 Å². The van der Waals surface area contributed by atoms with Crippen LogP contribution in [0.1, 0.15) is 37.4 Å². The Morgan fingerprint density at radius 2 is 2.05 bits per heavy atom. The number of benzene rings is 1. The van der Waals surface area contributed by atoms with Crippen LogP contribution in [-0.2, 0) is 0 Å². The van der Waals surface area contributed by atoms with E-state index in [1.807, 2.05) is 18.2 Å². The van der Waals surface area contributed by atoms with Gasteiger partial charge in [0.25, 0.3) is 0 Å². The molecule has 0 spiro atoms. The first kappa shape index (κ1) is 14.0. The smallest absolute Gasteiger partial charge is 0.214 e. The average molecular weight is 332 g/mol. The number of nitrogens with one attached hydrogen (secondary N) is 1. The molecule has 2 heterocycles. The summed E-state index contributed by atoms with van der Waals surface area (Å²) in [4.78, 5) is 13.2. The molecule has 1 fully saturated rings. The number of hydrogen-bond acceptors (Lipinski definition) is 5. The predicted octanol–water partition coefficient (Wildman–Crippen LogP) is 4.21. The lowest BCUT2D eigenvalue weighted by Gasteiger charge is -2.03. The van der Waals surface area contributed by atoms with Crippen molar-refractivity contribution in [2.45, 2.75) is 41.8 Å². The van der Waals surface area contributed by atoms with Crippen molar-refractivity contribution < 1.29 is 0 Å². The SMILES string of the molecule is Clc1ccc2c(Sc3n[nH]c(C4CCCC4)n3)ncnc2c1. The Morgan fingerprint density at radius 3 is 2.91 bits per heavy atom. The van der Waals surface area contributed by atoms with Gasteiger partial charge in [0, 0.05) is 16.3 Å². The van der Waals surface area contributed by atoms with Crippen LogP contribution in [0, 0.1) is 0 Å². The summed E-state index contributed by atoms with van der Waals surface area (Å²) in [6, 6.07) is 5.62. The molecule has 1 saturated carbocycles. The molecule has 7 heteroatoms. The topological polar surface area (TPSA) is 67.3 Å². The lowest BCUT2D eigenvalue weighted by molar-refractivity contribution is 0.671. The van der Waals surface area contributed by atoms with E-state index < -0.39 is 0 Å². The second-order valence-corrected chi connectivity index (χ2v) is 6.82. The lowest BCUT2D eigenvalue weighted by atomic mass is 10.1. The summed E-state index contributed by atoms with van der Waals surface area (Å²) < 4.78 is 0. The molecule has 0 unspecified atom stereocenters. The zero-order valence-corrected chi connectivity index (χ0v) is 13.4. The molecule has 0 bridgehead atoms. The van der Waals surface area contributed by atoms with Gasteiger partial charge < -0.3 is 0 Å². The number of halogens is 1. The number of H-pyrrole nitrogens is 1. The van der Waals surface area contributed by atoms with Gasteiger partial charge in [-0.15, -0.1) is 5.10 Å². The molecule has 0 atom stereocenters. The maximum atomic E-state index is 6.01. The third kappa shape index (κ3) is 2.68. The number of aromatic amines is 1. The second kappa shape index (κ2) is 5.85. The summed E-state index contributed by atoms with van der Waals surface area (Å²) in [5.74, 6) is 1.53. The number of hydrogen-bond donors (Lipinski definition) is 1. The van der Waals surface area contributed by atoms with Crippen LogP contribution in [0.2, 0.25) is 5.02 Å². The Morgan fingerprint density at radius 1 is 1.18 bits per heavy atom. The first-order valence-corrected chi connectivity index (χ1v) is 8.49. The van der Waals surface area contributed by atoms with E-state index in [4.69, 9.17) is 11.6 Å². The molecule has 0 amide bonds. The molecule has 112 valence electrons. The highest BCUT2D eigenvalue weighted by atomic mass is 35.5. The lowest BCUT2D eigenvalue weighted by Crippen LogP contribution is -1.94. The van der Waals surface area contributed by atoms with Gasteiger partial charge in [0.1, 0.15) is 17.2 Å². The monoisotopic (exact) mass is 331 g/mol. The highest BCUT2D eigenvalue weighted by Gasteiger charge is 2.21. The minimum atomic E-state index is 0.530. The van der Waals surface area contributed by atoms with Gasteiger partial charge in [0.05, 0.1) is 5.52 Å². The van der Waals surface area contributed by atoms with Crippen molar-refractivity contribution in [3.63, 3.8) is 0 Å². The van der Waals surface area contributed by atoms with E-state index in [1.54, 1.807) is 6.33 Å². The third-order valence-electron chi connectivity index (χ3n) is 3.97. The second-order valence-electron chi connectivity index (χ2n) is 5.43. The quantitative estimate of drug-likeness (QED) is 0.728. The van der Waals surface area contributed by atoms with Gasteiger partial charge in [-0.3, -0.25) is 5.10 Å². The van der Waals surface area contributed by atoms with E-state index in [0.717, 1.165) is 21.8 Å². The molecule has 1 aromatic carbocycles. The van der Waals surface area contributed by atoms with Crippen molar-refractivity contribution in [2.24, 2.45) is 0 Å². The summed E-state index contributed by atoms with van der Waals surface area (Å²) in [5.41, 5.74) is 0.830. The van der Waals surface area contributed by atoms with Crippen molar-refractivity contribution in [2.75, 3.05) is 0 Å². The van der Waals surface area contributed by atoms with E-state index in [9.17, 15) is 0 Å². The van der Waals surface area contributed by atoms with Crippen LogP contribution in [0.5, 0.6) is 0 Å². The van der Waals surface area contributed by atoms with E-state index >= 15 is 0 Å². The molecule has 5 nitrogen and oxygen atoms in total. The van der Waals surface area contributed by atoms with Crippen molar-refractivity contribution in [1.82, 2.24) is 25.1 Å². The van der Waals surface area contributed by atoms with Crippen LogP contribution in [0.15, 0.2) is 34.7 Å². The summed E-state index contributed by atoms with van der Waals surface area (Å²) in [7, 11) is 0. The van der Waals surface area contributed by atoms with E-state index in [-0.39, 0.29) is 0 Å². The van der Waals surface area contributed by atoms with Gasteiger partial charge in [-0.2, -0.15) is 0 Å². The maximum absolute atomic E-state index is 6.01. The Kier molecular flexibility index (Phi) is 3.72. The molecular formula is C15H14ClN5S. The molecule has 0 radical (unpaired) electrons. The molecule has 1 aliphatic rings. The number of fused-ring (bicyclic) bond motifs is 1. The zero-order valence-electron chi connectivity index (χ0n) is 11.8. The maximum Gasteiger partial charge on any atom is 0.214 e. The Labute approximate surface area is 136 Å². The van der Waals surface area contributed by atoms with Gasteiger partial charge in [0.15, 0.2) is 0 Å². The molecule has 0 aliphatic heterocycles. The van der Waals surface area contributed by atoms with Crippen molar-refractivity contribution in [1.29, 1.82) is 0 Å². The minimum Gasteiger partial charge on any atom is -0.262 e. The summed E-state index contributed by atoms with van der Waals surface area (Å²) in [5, 5.41) is 10.6. The van der Waals surface area contributed by atoms with Crippen LogP contribution >= 0.6 is 23.4 Å². The standard InChI is InChI=1S/C15H14ClN5S/c16-10-5-6-11-12(7-10)17-8-18-14(11)22-15-19-13(20-21-15)9-3-1-2-4-9/h5-9H,1-4H2,(H,19,20,21). The Balaban J connectivity index is 1.63. The highest BCUT2D eigenvalue weighted by Crippen LogP contribution is 2.34. The molecule has 1 N–H and O–H groups in total. The van der Waals surface area contributed by atoms with Crippen LogP contribution in [0.4, 0.5) is 0 Å². The zero-order chi connectivity index (χ0) is 14.9. The molecule has 0 saturated heterocycles. The Hall–Kier alpha value is -1.66. The normalized spacial score (nSPS) is 15.7. The van der Waals surface area contributed by atoms with Crippen LogP contribution < -0.4 is 0 Å². The number of nitrogens with zero attached hydrogens (tertiary/aromatic N) is 4. The fourth-order valence-corrected chi connectivity index (χ4v) is 3.82. The van der Waals surface area contributed by atoms with E-state index in [0.29, 0.717) is 16.1 Å². The average Bonchev–Trinajstić information content (AvgIpc) is 3.18. The fourth-order valence-electron chi connectivity index (χ4n) is 2.86. The summed E-state index contributed by atoms with van der Waals surface area (Å²) in [6.45, 7) is 0. The van der Waals surface area contributed by atoms with Gasteiger partial charge in [-0.05, 0) is 42.8 Å². The molecular weight excluding hydrogens is 318 g/mol. The predicted molar refractivity (Wildman–Crippen MR) is 86.3 cm³/mol. The van der Waals surface area contributed by atoms with Crippen molar-refractivity contribution in [3.8, 4) is 0 Å². The van der Waals surface area contributed by atoms with Crippen LogP contribution in [0.3, 0.4) is 0 Å². The number of aromatic nitrogens is 5. The molecule has 22 heavy (non-hydrogen) atoms. The summed E-state index contributed by atoms with van der Waals surface area (Å²) >= 11 is 7.47. The van der Waals surface area contributed by atoms with E-state index in [2.05, 4.69) is 25.1 Å². The third-order valence-corrected chi connectivity index (χ3v) is 5.09. The first-order valence-electron chi connectivity index (χ1n) is 7.30. The Bertz CT molecular complexity index is 813. The van der Waals surface area contributed by atoms with E-state index in [1.165, 1.54) is 37.4 Å². The minimum absolute atomic E-state index is 0.530. The molecule has 1 aliphatic carbocycles. The van der Waals surface area contributed by atoms with Gasteiger partial charge >= 0.3 is 0 Å². The van der Waals surface area contributed by atoms with Crippen molar-refractivity contribution >= 4 is 34.3 Å². The largest absolute Gasteiger partial charge is 0.262 e. The van der Waals surface area contributed by atoms with Gasteiger partial charge in [0.2, 0.25) is 5.16 Å². The number of rotatable bonds is 3. The fraction of sp³-hybridized carbons (Fsp3) is 0.333. The van der Waals surface area contributed by atoms with Crippen molar-refractivity contribution in [3.05, 3.63) is 35.4 Å². The van der Waals surface area contributed by atoms with Gasteiger partial charge in [-0.25, -0.2) is 15.0 Å². The van der Waals surface area contributed by atoms with Crippen LogP contribution in [-0.4, -0.2) is 25.1 Å².